The fourth-order valence-corrected chi connectivity index (χ4v) is 2.10. The van der Waals surface area contributed by atoms with Gasteiger partial charge in [0.25, 0.3) is 0 Å². The zero-order chi connectivity index (χ0) is 16.5. The zero-order valence-electron chi connectivity index (χ0n) is 12.6. The van der Waals surface area contributed by atoms with Crippen molar-refractivity contribution in [3.63, 3.8) is 0 Å². The van der Waals surface area contributed by atoms with Crippen molar-refractivity contribution in [2.75, 3.05) is 31.8 Å². The minimum absolute atomic E-state index is 0.0813. The summed E-state index contributed by atoms with van der Waals surface area (Å²) in [6, 6.07) is 6.12. The Bertz CT molecular complexity index is 491. The van der Waals surface area contributed by atoms with E-state index in [0.29, 0.717) is 17.1 Å². The summed E-state index contributed by atoms with van der Waals surface area (Å²) in [7, 11) is 1.29. The molecule has 0 heterocycles. The molecular weight excluding hydrogens is 310 g/mol. The molecular formula is C15H20ClNO5. The third-order valence-corrected chi connectivity index (χ3v) is 3.31. The molecule has 0 amide bonds. The molecule has 0 saturated heterocycles. The number of rotatable bonds is 8. The Morgan fingerprint density at radius 2 is 1.95 bits per heavy atom. The average molecular weight is 330 g/mol. The van der Waals surface area contributed by atoms with E-state index in [1.807, 2.05) is 6.92 Å². The van der Waals surface area contributed by atoms with Gasteiger partial charge in [0, 0.05) is 10.7 Å². The molecule has 1 rings (SSSR count). The molecule has 1 atom stereocenters. The lowest BCUT2D eigenvalue weighted by Crippen LogP contribution is -2.45. The SMILES string of the molecule is CC[C@H](C(=O)OCCO)N(CC(=O)OC)c1ccc(Cl)cc1. The predicted molar refractivity (Wildman–Crippen MR) is 82.9 cm³/mol. The molecule has 0 aliphatic heterocycles. The van der Waals surface area contributed by atoms with Crippen LogP contribution in [-0.2, 0) is 19.1 Å². The third kappa shape index (κ3) is 5.20. The minimum atomic E-state index is -0.660. The molecule has 0 fully saturated rings. The maximum absolute atomic E-state index is 12.1. The number of aliphatic hydroxyl groups is 1. The smallest absolute Gasteiger partial charge is 0.328 e. The van der Waals surface area contributed by atoms with E-state index in [-0.39, 0.29) is 19.8 Å². The first-order chi connectivity index (χ1) is 10.5. The lowest BCUT2D eigenvalue weighted by molar-refractivity contribution is -0.146. The lowest BCUT2D eigenvalue weighted by Gasteiger charge is -2.30. The second-order valence-corrected chi connectivity index (χ2v) is 4.93. The summed E-state index contributed by atoms with van der Waals surface area (Å²) in [6.07, 6.45) is 0.434. The zero-order valence-corrected chi connectivity index (χ0v) is 13.4. The molecule has 1 aromatic rings. The van der Waals surface area contributed by atoms with Crippen molar-refractivity contribution in [2.45, 2.75) is 19.4 Å². The van der Waals surface area contributed by atoms with Crippen LogP contribution >= 0.6 is 11.6 Å². The van der Waals surface area contributed by atoms with Gasteiger partial charge in [0.2, 0.25) is 0 Å². The Balaban J connectivity index is 3.03. The summed E-state index contributed by atoms with van der Waals surface area (Å²) < 4.78 is 9.66. The molecule has 7 heteroatoms. The Labute approximate surface area is 134 Å². The maximum atomic E-state index is 12.1. The van der Waals surface area contributed by atoms with E-state index >= 15 is 0 Å². The summed E-state index contributed by atoms with van der Waals surface area (Å²) >= 11 is 5.86. The molecule has 1 aromatic carbocycles. The molecule has 6 nitrogen and oxygen atoms in total. The average Bonchev–Trinajstić information content (AvgIpc) is 2.53. The first kappa shape index (κ1) is 18.3. The lowest BCUT2D eigenvalue weighted by atomic mass is 10.1. The van der Waals surface area contributed by atoms with Crippen LogP contribution in [0.5, 0.6) is 0 Å². The number of halogens is 1. The molecule has 0 aliphatic carbocycles. The van der Waals surface area contributed by atoms with E-state index in [1.54, 1.807) is 29.2 Å². The predicted octanol–water partition coefficient (Wildman–Crippen LogP) is 1.63. The van der Waals surface area contributed by atoms with E-state index in [4.69, 9.17) is 21.4 Å². The van der Waals surface area contributed by atoms with Crippen LogP contribution < -0.4 is 4.90 Å². The molecule has 0 spiro atoms. The highest BCUT2D eigenvalue weighted by Crippen LogP contribution is 2.22. The highest BCUT2D eigenvalue weighted by atomic mass is 35.5. The van der Waals surface area contributed by atoms with Crippen LogP contribution in [0, 0.1) is 0 Å². The number of aliphatic hydroxyl groups excluding tert-OH is 1. The van der Waals surface area contributed by atoms with Crippen molar-refractivity contribution in [1.29, 1.82) is 0 Å². The van der Waals surface area contributed by atoms with Gasteiger partial charge in [-0.2, -0.15) is 0 Å². The van der Waals surface area contributed by atoms with Crippen LogP contribution in [-0.4, -0.2) is 50.0 Å². The number of nitrogens with zero attached hydrogens (tertiary/aromatic N) is 1. The number of ether oxygens (including phenoxy) is 2. The van der Waals surface area contributed by atoms with E-state index < -0.39 is 18.0 Å². The Hall–Kier alpha value is -1.79. The number of esters is 2. The van der Waals surface area contributed by atoms with Crippen molar-refractivity contribution in [2.24, 2.45) is 0 Å². The van der Waals surface area contributed by atoms with Crippen molar-refractivity contribution < 1.29 is 24.2 Å². The molecule has 1 N–H and O–H groups in total. The quantitative estimate of drug-likeness (QED) is 0.731. The van der Waals surface area contributed by atoms with Crippen LogP contribution in [0.4, 0.5) is 5.69 Å². The van der Waals surface area contributed by atoms with Gasteiger partial charge in [-0.1, -0.05) is 18.5 Å². The fourth-order valence-electron chi connectivity index (χ4n) is 1.97. The van der Waals surface area contributed by atoms with Crippen LogP contribution in [0.2, 0.25) is 5.02 Å². The largest absolute Gasteiger partial charge is 0.468 e. The van der Waals surface area contributed by atoms with Gasteiger partial charge in [0.1, 0.15) is 19.2 Å². The van der Waals surface area contributed by atoms with Gasteiger partial charge in [-0.25, -0.2) is 4.79 Å². The van der Waals surface area contributed by atoms with E-state index in [1.165, 1.54) is 7.11 Å². The molecule has 0 unspecified atom stereocenters. The second kappa shape index (κ2) is 9.27. The van der Waals surface area contributed by atoms with Gasteiger partial charge in [-0.05, 0) is 30.7 Å². The highest BCUT2D eigenvalue weighted by Gasteiger charge is 2.28. The first-order valence-corrected chi connectivity index (χ1v) is 7.27. The summed E-state index contributed by atoms with van der Waals surface area (Å²) in [6.45, 7) is 1.39. The first-order valence-electron chi connectivity index (χ1n) is 6.90. The third-order valence-electron chi connectivity index (χ3n) is 3.06. The number of methoxy groups -OCH3 is 1. The van der Waals surface area contributed by atoms with Crippen molar-refractivity contribution in [1.82, 2.24) is 0 Å². The van der Waals surface area contributed by atoms with Crippen LogP contribution in [0.3, 0.4) is 0 Å². The molecule has 0 aromatic heterocycles. The van der Waals surface area contributed by atoms with Crippen molar-refractivity contribution >= 4 is 29.2 Å². The summed E-state index contributed by atoms with van der Waals surface area (Å²) in [5.41, 5.74) is 0.655. The van der Waals surface area contributed by atoms with Crippen LogP contribution in [0.1, 0.15) is 13.3 Å². The van der Waals surface area contributed by atoms with E-state index in [0.717, 1.165) is 0 Å². The molecule has 0 radical (unpaired) electrons. The van der Waals surface area contributed by atoms with Crippen molar-refractivity contribution in [3.8, 4) is 0 Å². The van der Waals surface area contributed by atoms with Gasteiger partial charge in [0.15, 0.2) is 0 Å². The second-order valence-electron chi connectivity index (χ2n) is 4.50. The van der Waals surface area contributed by atoms with E-state index in [2.05, 4.69) is 4.74 Å². The van der Waals surface area contributed by atoms with Gasteiger partial charge >= 0.3 is 11.9 Å². The minimum Gasteiger partial charge on any atom is -0.468 e. The molecule has 22 heavy (non-hydrogen) atoms. The molecule has 0 aliphatic rings. The monoisotopic (exact) mass is 329 g/mol. The standard InChI is InChI=1S/C15H20ClNO5/c1-3-13(15(20)22-9-8-18)17(10-14(19)21-2)12-6-4-11(16)5-7-12/h4-7,13,18H,3,8-10H2,1-2H3/t13-/m1/s1. The van der Waals surface area contributed by atoms with Crippen molar-refractivity contribution in [3.05, 3.63) is 29.3 Å². The number of hydrogen-bond donors (Lipinski definition) is 1. The summed E-state index contributed by atoms with van der Waals surface area (Å²) in [4.78, 5) is 25.4. The molecule has 0 saturated carbocycles. The number of carbonyl (C=O) groups is 2. The van der Waals surface area contributed by atoms with Gasteiger partial charge in [0.05, 0.1) is 13.7 Å². The Kier molecular flexibility index (Phi) is 7.70. The van der Waals surface area contributed by atoms with E-state index in [9.17, 15) is 9.59 Å². The number of benzene rings is 1. The number of carbonyl (C=O) groups excluding carboxylic acids is 2. The van der Waals surface area contributed by atoms with Gasteiger partial charge < -0.3 is 19.5 Å². The summed E-state index contributed by atoms with van der Waals surface area (Å²) in [5.74, 6) is -0.973. The fraction of sp³-hybridized carbons (Fsp3) is 0.467. The molecule has 0 bridgehead atoms. The highest BCUT2D eigenvalue weighted by molar-refractivity contribution is 6.30. The Morgan fingerprint density at radius 3 is 2.45 bits per heavy atom. The maximum Gasteiger partial charge on any atom is 0.328 e. The van der Waals surface area contributed by atoms with Crippen LogP contribution in [0.25, 0.3) is 0 Å². The Morgan fingerprint density at radius 1 is 1.32 bits per heavy atom. The van der Waals surface area contributed by atoms with Crippen LogP contribution in [0.15, 0.2) is 24.3 Å². The summed E-state index contributed by atoms with van der Waals surface area (Å²) in [5, 5.41) is 9.31. The number of anilines is 1. The topological polar surface area (TPSA) is 76.1 Å². The number of hydrogen-bond acceptors (Lipinski definition) is 6. The normalized spacial score (nSPS) is 11.6. The molecule has 122 valence electrons. The van der Waals surface area contributed by atoms with Gasteiger partial charge in [-0.3, -0.25) is 4.79 Å². The van der Waals surface area contributed by atoms with Gasteiger partial charge in [-0.15, -0.1) is 0 Å².